The summed E-state index contributed by atoms with van der Waals surface area (Å²) in [5.74, 6) is 0. The molecule has 2 aromatic heterocycles. The average Bonchev–Trinajstić information content (AvgIpc) is 3.41. The quantitative estimate of drug-likeness (QED) is 0.474. The molecule has 1 aromatic carbocycles. The molecule has 1 saturated heterocycles. The second kappa shape index (κ2) is 7.62. The van der Waals surface area contributed by atoms with Crippen LogP contribution in [0.4, 0.5) is 26.5 Å². The van der Waals surface area contributed by atoms with E-state index in [9.17, 15) is 0 Å². The Kier molecular flexibility index (Phi) is 4.89. The summed E-state index contributed by atoms with van der Waals surface area (Å²) < 4.78 is 0. The van der Waals surface area contributed by atoms with Crippen molar-refractivity contribution in [3.05, 3.63) is 48.0 Å². The van der Waals surface area contributed by atoms with Crippen molar-refractivity contribution in [1.29, 1.82) is 0 Å². The van der Waals surface area contributed by atoms with Crippen molar-refractivity contribution in [2.24, 2.45) is 20.5 Å². The maximum Gasteiger partial charge on any atom is 0.229 e. The van der Waals surface area contributed by atoms with Gasteiger partial charge in [-0.1, -0.05) is 11.3 Å². The summed E-state index contributed by atoms with van der Waals surface area (Å²) in [6.45, 7) is 2.29. The topological polar surface area (TPSA) is 65.6 Å². The standard InChI is InChI=1S/C17H16N6S2/c1-2-11-23(10-1)16-8-7-15(25-16)21-19-13-3-5-14(6-4-13)20-22-17-18-9-12-24-17/h3-9,12H,1-2,10-11H2. The SMILES string of the molecule is c1csc(N=Nc2ccc(N=Nc3ccc(N4CCCC4)s3)cc2)n1. The molecule has 1 fully saturated rings. The van der Waals surface area contributed by atoms with E-state index in [1.807, 2.05) is 35.7 Å². The molecule has 0 N–H and O–H groups in total. The molecule has 1 aliphatic rings. The molecule has 6 nitrogen and oxygen atoms in total. The van der Waals surface area contributed by atoms with Gasteiger partial charge in [0.05, 0.1) is 16.4 Å². The highest BCUT2D eigenvalue weighted by Gasteiger charge is 2.13. The summed E-state index contributed by atoms with van der Waals surface area (Å²) >= 11 is 3.14. The Morgan fingerprint density at radius 2 is 1.56 bits per heavy atom. The van der Waals surface area contributed by atoms with Gasteiger partial charge in [0.2, 0.25) is 5.13 Å². The molecule has 1 aliphatic heterocycles. The van der Waals surface area contributed by atoms with Crippen molar-refractivity contribution in [3.8, 4) is 0 Å². The van der Waals surface area contributed by atoms with Crippen LogP contribution in [0.2, 0.25) is 0 Å². The van der Waals surface area contributed by atoms with E-state index in [1.165, 1.54) is 29.2 Å². The minimum absolute atomic E-state index is 0.648. The Labute approximate surface area is 153 Å². The third kappa shape index (κ3) is 4.15. The predicted molar refractivity (Wildman–Crippen MR) is 103 cm³/mol. The van der Waals surface area contributed by atoms with E-state index in [2.05, 4.69) is 36.4 Å². The van der Waals surface area contributed by atoms with Crippen LogP contribution in [0.25, 0.3) is 0 Å². The molecule has 8 heteroatoms. The molecule has 0 aliphatic carbocycles. The van der Waals surface area contributed by atoms with Crippen molar-refractivity contribution >= 4 is 49.2 Å². The molecule has 0 atom stereocenters. The maximum atomic E-state index is 4.34. The van der Waals surface area contributed by atoms with E-state index in [4.69, 9.17) is 0 Å². The number of benzene rings is 1. The second-order valence-corrected chi connectivity index (χ2v) is 7.45. The first-order valence-corrected chi connectivity index (χ1v) is 9.74. The minimum Gasteiger partial charge on any atom is -0.363 e. The van der Waals surface area contributed by atoms with Crippen molar-refractivity contribution in [1.82, 2.24) is 4.98 Å². The lowest BCUT2D eigenvalue weighted by molar-refractivity contribution is 0.949. The van der Waals surface area contributed by atoms with Crippen molar-refractivity contribution in [3.63, 3.8) is 0 Å². The fourth-order valence-corrected chi connectivity index (χ4v) is 3.87. The van der Waals surface area contributed by atoms with E-state index in [0.717, 1.165) is 29.5 Å². The fourth-order valence-electron chi connectivity index (χ4n) is 2.54. The Bertz CT molecular complexity index is 861. The van der Waals surface area contributed by atoms with Crippen LogP contribution in [0.3, 0.4) is 0 Å². The number of rotatable bonds is 5. The highest BCUT2D eigenvalue weighted by molar-refractivity contribution is 7.19. The van der Waals surface area contributed by atoms with E-state index < -0.39 is 0 Å². The van der Waals surface area contributed by atoms with Crippen LogP contribution in [0.1, 0.15) is 12.8 Å². The molecule has 0 bridgehead atoms. The van der Waals surface area contributed by atoms with Gasteiger partial charge in [0, 0.05) is 24.7 Å². The number of nitrogens with zero attached hydrogens (tertiary/aromatic N) is 6. The lowest BCUT2D eigenvalue weighted by Crippen LogP contribution is -2.15. The first kappa shape index (κ1) is 16.0. The van der Waals surface area contributed by atoms with Gasteiger partial charge in [-0.05, 0) is 49.2 Å². The van der Waals surface area contributed by atoms with E-state index >= 15 is 0 Å². The zero-order valence-corrected chi connectivity index (χ0v) is 15.1. The van der Waals surface area contributed by atoms with Crippen molar-refractivity contribution < 1.29 is 0 Å². The van der Waals surface area contributed by atoms with Gasteiger partial charge in [0.1, 0.15) is 5.00 Å². The van der Waals surface area contributed by atoms with Crippen molar-refractivity contribution in [2.45, 2.75) is 12.8 Å². The number of hydrogen-bond donors (Lipinski definition) is 0. The Morgan fingerprint density at radius 1 is 0.840 bits per heavy atom. The molecule has 3 aromatic rings. The zero-order valence-electron chi connectivity index (χ0n) is 13.4. The third-order valence-corrected chi connectivity index (χ3v) is 5.47. The van der Waals surface area contributed by atoms with E-state index in [-0.39, 0.29) is 0 Å². The normalized spacial score (nSPS) is 15.0. The fraction of sp³-hybridized carbons (Fsp3) is 0.235. The number of hydrogen-bond acceptors (Lipinski definition) is 8. The molecule has 4 rings (SSSR count). The number of aromatic nitrogens is 1. The van der Waals surface area contributed by atoms with Crippen LogP contribution >= 0.6 is 22.7 Å². The highest BCUT2D eigenvalue weighted by atomic mass is 32.1. The first-order chi connectivity index (χ1) is 12.4. The predicted octanol–water partition coefficient (Wildman–Crippen LogP) is 6.64. The molecule has 0 saturated carbocycles. The molecule has 0 radical (unpaired) electrons. The van der Waals surface area contributed by atoms with E-state index in [0.29, 0.717) is 5.13 Å². The lowest BCUT2D eigenvalue weighted by Gasteiger charge is -2.13. The molecule has 3 heterocycles. The van der Waals surface area contributed by atoms with Gasteiger partial charge >= 0.3 is 0 Å². The summed E-state index contributed by atoms with van der Waals surface area (Å²) in [6.07, 6.45) is 4.27. The second-order valence-electron chi connectivity index (χ2n) is 5.54. The summed E-state index contributed by atoms with van der Waals surface area (Å²) in [4.78, 5) is 6.47. The smallest absolute Gasteiger partial charge is 0.229 e. The molecule has 0 spiro atoms. The lowest BCUT2D eigenvalue weighted by atomic mass is 10.3. The average molecular weight is 368 g/mol. The highest BCUT2D eigenvalue weighted by Crippen LogP contribution is 2.35. The number of thiophene rings is 1. The van der Waals surface area contributed by atoms with Gasteiger partial charge in [0.25, 0.3) is 0 Å². The van der Waals surface area contributed by atoms with Crippen LogP contribution in [-0.2, 0) is 0 Å². The first-order valence-electron chi connectivity index (χ1n) is 8.05. The monoisotopic (exact) mass is 368 g/mol. The van der Waals surface area contributed by atoms with Crippen LogP contribution in [0.15, 0.2) is 68.4 Å². The Hall–Kier alpha value is -2.45. The number of anilines is 1. The van der Waals surface area contributed by atoms with Gasteiger partial charge in [-0.2, -0.15) is 0 Å². The molecule has 0 unspecified atom stereocenters. The minimum atomic E-state index is 0.648. The van der Waals surface area contributed by atoms with Crippen LogP contribution in [0.5, 0.6) is 0 Å². The number of azo groups is 2. The number of thiazole rings is 1. The summed E-state index contributed by atoms with van der Waals surface area (Å²) in [5, 5.41) is 21.6. The zero-order chi connectivity index (χ0) is 16.9. The maximum absolute atomic E-state index is 4.34. The molecule has 25 heavy (non-hydrogen) atoms. The van der Waals surface area contributed by atoms with Gasteiger partial charge in [0.15, 0.2) is 0 Å². The van der Waals surface area contributed by atoms with Gasteiger partial charge < -0.3 is 4.90 Å². The van der Waals surface area contributed by atoms with Gasteiger partial charge in [-0.15, -0.1) is 31.8 Å². The molecular formula is C17H16N6S2. The molecule has 126 valence electrons. The molecule has 0 amide bonds. The summed E-state index contributed by atoms with van der Waals surface area (Å²) in [5.41, 5.74) is 1.56. The molecular weight excluding hydrogens is 352 g/mol. The van der Waals surface area contributed by atoms with Crippen molar-refractivity contribution in [2.75, 3.05) is 18.0 Å². The summed E-state index contributed by atoms with van der Waals surface area (Å²) in [6, 6.07) is 11.7. The van der Waals surface area contributed by atoms with E-state index in [1.54, 1.807) is 17.5 Å². The van der Waals surface area contributed by atoms with Crippen LogP contribution < -0.4 is 4.90 Å². The largest absolute Gasteiger partial charge is 0.363 e. The third-order valence-electron chi connectivity index (χ3n) is 3.78. The van der Waals surface area contributed by atoms with Crippen LogP contribution in [0, 0.1) is 0 Å². The van der Waals surface area contributed by atoms with Gasteiger partial charge in [-0.25, -0.2) is 4.98 Å². The summed E-state index contributed by atoms with van der Waals surface area (Å²) in [7, 11) is 0. The Balaban J connectivity index is 1.39. The van der Waals surface area contributed by atoms with Crippen LogP contribution in [-0.4, -0.2) is 18.1 Å². The Morgan fingerprint density at radius 3 is 2.24 bits per heavy atom. The van der Waals surface area contributed by atoms with Gasteiger partial charge in [-0.3, -0.25) is 0 Å².